The molecule has 0 saturated carbocycles. The number of aromatic nitrogens is 1. The van der Waals surface area contributed by atoms with Crippen LogP contribution in [0.5, 0.6) is 11.5 Å². The van der Waals surface area contributed by atoms with Gasteiger partial charge in [-0.2, -0.15) is 4.31 Å². The number of carbonyl (C=O) groups excluding carboxylic acids is 1. The third-order valence-electron chi connectivity index (χ3n) is 7.05. The fourth-order valence-electron chi connectivity index (χ4n) is 4.77. The van der Waals surface area contributed by atoms with E-state index >= 15 is 0 Å². The monoisotopic (exact) mass is 560 g/mol. The number of nitrogens with zero attached hydrogens (tertiary/aromatic N) is 4. The summed E-state index contributed by atoms with van der Waals surface area (Å²) in [6, 6.07) is 9.57. The Hall–Kier alpha value is -2.73. The first kappa shape index (κ1) is 28.3. The third-order valence-corrected chi connectivity index (χ3v) is 10.1. The molecule has 3 aromatic rings. The standard InChI is InChI=1S/C27H36N4O5S2/c1-6-29(7-2)17-18-30(27-28-24-22(35-4)14-15-23(36-5)25(24)37-27)26(32)21-9-8-16-31(21)38(33,34)20-12-10-19(3)11-13-20/h10-15,21H,6-9,16-18H2,1-5H3. The van der Waals surface area contributed by atoms with Crippen LogP contribution in [0.15, 0.2) is 41.3 Å². The van der Waals surface area contributed by atoms with Crippen molar-refractivity contribution in [3.63, 3.8) is 0 Å². The summed E-state index contributed by atoms with van der Waals surface area (Å²) in [5.41, 5.74) is 1.59. The Bertz CT molecular complexity index is 1330. The average Bonchev–Trinajstić information content (AvgIpc) is 3.59. The zero-order chi connectivity index (χ0) is 27.4. The smallest absolute Gasteiger partial charge is 0.247 e. The molecule has 1 aliphatic rings. The molecule has 0 N–H and O–H groups in total. The normalized spacial score (nSPS) is 16.3. The number of ether oxygens (including phenoxy) is 2. The molecule has 38 heavy (non-hydrogen) atoms. The molecule has 1 unspecified atom stereocenters. The highest BCUT2D eigenvalue weighted by molar-refractivity contribution is 7.89. The molecule has 0 aliphatic carbocycles. The minimum atomic E-state index is -3.83. The Morgan fingerprint density at radius 1 is 1.05 bits per heavy atom. The zero-order valence-corrected chi connectivity index (χ0v) is 24.3. The maximum absolute atomic E-state index is 14.2. The summed E-state index contributed by atoms with van der Waals surface area (Å²) in [5.74, 6) is 0.969. The fourth-order valence-corrected chi connectivity index (χ4v) is 7.53. The van der Waals surface area contributed by atoms with Gasteiger partial charge in [0.2, 0.25) is 15.9 Å². The minimum absolute atomic E-state index is 0.201. The topological polar surface area (TPSA) is 92.3 Å². The molecule has 2 aromatic carbocycles. The molecular weight excluding hydrogens is 524 g/mol. The van der Waals surface area contributed by atoms with E-state index in [-0.39, 0.29) is 10.8 Å². The second-order valence-electron chi connectivity index (χ2n) is 9.25. The number of aryl methyl sites for hydroxylation is 1. The maximum Gasteiger partial charge on any atom is 0.247 e. The predicted octanol–water partition coefficient (Wildman–Crippen LogP) is 4.15. The molecule has 0 radical (unpaired) electrons. The van der Waals surface area contributed by atoms with Gasteiger partial charge in [0.05, 0.1) is 19.1 Å². The number of thiazole rings is 1. The Labute approximate surface area is 229 Å². The minimum Gasteiger partial charge on any atom is -0.495 e. The molecule has 206 valence electrons. The van der Waals surface area contributed by atoms with Gasteiger partial charge in [-0.15, -0.1) is 0 Å². The van der Waals surface area contributed by atoms with Crippen LogP contribution < -0.4 is 14.4 Å². The highest BCUT2D eigenvalue weighted by atomic mass is 32.2. The highest BCUT2D eigenvalue weighted by Gasteiger charge is 2.42. The van der Waals surface area contributed by atoms with E-state index in [1.165, 1.54) is 15.6 Å². The average molecular weight is 561 g/mol. The summed E-state index contributed by atoms with van der Waals surface area (Å²) in [5, 5.41) is 0.500. The molecule has 4 rings (SSSR count). The molecule has 1 aromatic heterocycles. The van der Waals surface area contributed by atoms with Crippen molar-refractivity contribution in [3.8, 4) is 11.5 Å². The Morgan fingerprint density at radius 3 is 2.34 bits per heavy atom. The second kappa shape index (κ2) is 12.0. The first-order chi connectivity index (χ1) is 18.2. The van der Waals surface area contributed by atoms with E-state index in [0.717, 1.165) is 23.4 Å². The number of hydrogen-bond acceptors (Lipinski definition) is 8. The lowest BCUT2D eigenvalue weighted by molar-refractivity contribution is -0.121. The number of carbonyl (C=O) groups is 1. The number of hydrogen-bond donors (Lipinski definition) is 0. The number of amides is 1. The van der Waals surface area contributed by atoms with Crippen molar-refractivity contribution in [1.82, 2.24) is 14.2 Å². The van der Waals surface area contributed by atoms with Crippen LogP contribution in [0, 0.1) is 6.92 Å². The van der Waals surface area contributed by atoms with E-state index in [1.807, 2.05) is 13.0 Å². The van der Waals surface area contributed by atoms with Crippen LogP contribution >= 0.6 is 11.3 Å². The summed E-state index contributed by atoms with van der Waals surface area (Å²) in [4.78, 5) is 23.0. The van der Waals surface area contributed by atoms with Crippen molar-refractivity contribution < 1.29 is 22.7 Å². The molecular formula is C27H36N4O5S2. The quantitative estimate of drug-likeness (QED) is 0.348. The Morgan fingerprint density at radius 2 is 1.71 bits per heavy atom. The highest BCUT2D eigenvalue weighted by Crippen LogP contribution is 2.41. The van der Waals surface area contributed by atoms with Gasteiger partial charge in [-0.1, -0.05) is 42.9 Å². The van der Waals surface area contributed by atoms with Crippen LogP contribution in [0.3, 0.4) is 0 Å². The van der Waals surface area contributed by atoms with Gasteiger partial charge in [-0.25, -0.2) is 13.4 Å². The second-order valence-corrected chi connectivity index (χ2v) is 12.1. The molecule has 1 amide bonds. The lowest BCUT2D eigenvalue weighted by Gasteiger charge is -2.30. The van der Waals surface area contributed by atoms with E-state index in [9.17, 15) is 13.2 Å². The van der Waals surface area contributed by atoms with Crippen molar-refractivity contribution in [2.24, 2.45) is 0 Å². The van der Waals surface area contributed by atoms with E-state index in [2.05, 4.69) is 18.7 Å². The number of sulfonamides is 1. The lowest BCUT2D eigenvalue weighted by atomic mass is 10.2. The van der Waals surface area contributed by atoms with Gasteiger partial charge in [-0.05, 0) is 57.1 Å². The summed E-state index contributed by atoms with van der Waals surface area (Å²) in [7, 11) is -0.661. The Kier molecular flexibility index (Phi) is 8.92. The number of benzene rings is 2. The van der Waals surface area contributed by atoms with E-state index in [0.29, 0.717) is 54.6 Å². The van der Waals surface area contributed by atoms with Crippen LogP contribution in [-0.2, 0) is 14.8 Å². The molecule has 1 saturated heterocycles. The van der Waals surface area contributed by atoms with Crippen molar-refractivity contribution in [3.05, 3.63) is 42.0 Å². The van der Waals surface area contributed by atoms with Gasteiger partial charge in [0, 0.05) is 19.6 Å². The third kappa shape index (κ3) is 5.51. The number of rotatable bonds is 11. The lowest BCUT2D eigenvalue weighted by Crippen LogP contribution is -2.49. The maximum atomic E-state index is 14.2. The van der Waals surface area contributed by atoms with Crippen LogP contribution in [0.25, 0.3) is 10.2 Å². The van der Waals surface area contributed by atoms with Crippen molar-refractivity contribution in [1.29, 1.82) is 0 Å². The summed E-state index contributed by atoms with van der Waals surface area (Å²) >= 11 is 1.35. The van der Waals surface area contributed by atoms with E-state index < -0.39 is 16.1 Å². The molecule has 0 bridgehead atoms. The number of methoxy groups -OCH3 is 2. The molecule has 1 atom stereocenters. The SMILES string of the molecule is CCN(CC)CCN(C(=O)C1CCCN1S(=O)(=O)c1ccc(C)cc1)c1nc2c(OC)ccc(OC)c2s1. The zero-order valence-electron chi connectivity index (χ0n) is 22.6. The summed E-state index contributed by atoms with van der Waals surface area (Å²) < 4.78 is 40.4. The first-order valence-electron chi connectivity index (χ1n) is 12.9. The summed E-state index contributed by atoms with van der Waals surface area (Å²) in [6.45, 7) is 9.09. The number of fused-ring (bicyclic) bond motifs is 1. The van der Waals surface area contributed by atoms with Crippen molar-refractivity contribution in [2.45, 2.75) is 44.6 Å². The summed E-state index contributed by atoms with van der Waals surface area (Å²) in [6.07, 6.45) is 1.08. The molecule has 2 heterocycles. The molecule has 0 spiro atoms. The number of anilines is 1. The molecule has 9 nitrogen and oxygen atoms in total. The largest absolute Gasteiger partial charge is 0.495 e. The van der Waals surface area contributed by atoms with Crippen molar-refractivity contribution in [2.75, 3.05) is 51.8 Å². The van der Waals surface area contributed by atoms with Gasteiger partial charge in [0.25, 0.3) is 0 Å². The Balaban J connectivity index is 1.73. The van der Waals surface area contributed by atoms with Gasteiger partial charge < -0.3 is 14.4 Å². The van der Waals surface area contributed by atoms with Gasteiger partial charge in [-0.3, -0.25) is 9.69 Å². The fraction of sp³-hybridized carbons (Fsp3) is 0.481. The van der Waals surface area contributed by atoms with Crippen LogP contribution in [0.4, 0.5) is 5.13 Å². The number of likely N-dealkylation sites (N-methyl/N-ethyl adjacent to an activating group) is 1. The van der Waals surface area contributed by atoms with Gasteiger partial charge in [0.1, 0.15) is 27.8 Å². The molecule has 1 fully saturated rings. The van der Waals surface area contributed by atoms with Crippen LogP contribution in [0.2, 0.25) is 0 Å². The van der Waals surface area contributed by atoms with Crippen LogP contribution in [0.1, 0.15) is 32.3 Å². The van der Waals surface area contributed by atoms with Gasteiger partial charge in [0.15, 0.2) is 5.13 Å². The first-order valence-corrected chi connectivity index (χ1v) is 15.1. The molecule has 11 heteroatoms. The molecule has 1 aliphatic heterocycles. The van der Waals surface area contributed by atoms with E-state index in [1.54, 1.807) is 49.5 Å². The predicted molar refractivity (Wildman–Crippen MR) is 151 cm³/mol. The van der Waals surface area contributed by atoms with Crippen LogP contribution in [-0.4, -0.2) is 81.5 Å². The van der Waals surface area contributed by atoms with Gasteiger partial charge >= 0.3 is 0 Å². The van der Waals surface area contributed by atoms with E-state index in [4.69, 9.17) is 14.5 Å². The van der Waals surface area contributed by atoms with Crippen molar-refractivity contribution >= 4 is 42.6 Å².